The summed E-state index contributed by atoms with van der Waals surface area (Å²) in [7, 11) is 0. The molecule has 1 aromatic carbocycles. The van der Waals surface area contributed by atoms with E-state index in [1.54, 1.807) is 11.8 Å². The highest BCUT2D eigenvalue weighted by Gasteiger charge is 2.39. The van der Waals surface area contributed by atoms with Gasteiger partial charge in [0.05, 0.1) is 0 Å². The molecule has 160 valence electrons. The van der Waals surface area contributed by atoms with Gasteiger partial charge in [0.15, 0.2) is 0 Å². The monoisotopic (exact) mass is 410 g/mol. The molecule has 30 heavy (non-hydrogen) atoms. The van der Waals surface area contributed by atoms with Gasteiger partial charge in [-0.05, 0) is 31.4 Å². The van der Waals surface area contributed by atoms with Crippen LogP contribution >= 0.6 is 0 Å². The minimum atomic E-state index is -0.616. The third-order valence-corrected chi connectivity index (χ3v) is 6.20. The Balaban J connectivity index is 1.48. The van der Waals surface area contributed by atoms with Crippen LogP contribution in [-0.4, -0.2) is 64.2 Å². The smallest absolute Gasteiger partial charge is 0.245 e. The zero-order valence-corrected chi connectivity index (χ0v) is 17.7. The summed E-state index contributed by atoms with van der Waals surface area (Å²) in [6, 6.07) is 7.33. The van der Waals surface area contributed by atoms with E-state index in [4.69, 9.17) is 0 Å². The Morgan fingerprint density at radius 3 is 2.67 bits per heavy atom. The first-order valence-electron chi connectivity index (χ1n) is 10.9. The lowest BCUT2D eigenvalue weighted by atomic mass is 10.0. The van der Waals surface area contributed by atoms with Gasteiger partial charge in [-0.3, -0.25) is 14.4 Å². The number of amides is 3. The quantitative estimate of drug-likeness (QED) is 0.765. The van der Waals surface area contributed by atoms with Crippen LogP contribution in [0.1, 0.15) is 38.7 Å². The Bertz CT molecular complexity index is 949. The van der Waals surface area contributed by atoms with Gasteiger partial charge in [-0.1, -0.05) is 25.1 Å². The molecule has 2 aliphatic rings. The molecule has 7 nitrogen and oxygen atoms in total. The first-order chi connectivity index (χ1) is 14.5. The summed E-state index contributed by atoms with van der Waals surface area (Å²) in [4.78, 5) is 44.9. The molecule has 0 bridgehead atoms. The molecule has 1 aromatic heterocycles. The number of piperazine rings is 1. The number of benzene rings is 1. The molecule has 2 N–H and O–H groups in total. The van der Waals surface area contributed by atoms with E-state index in [2.05, 4.69) is 10.3 Å². The molecule has 2 fully saturated rings. The Hall–Kier alpha value is -2.83. The fourth-order valence-corrected chi connectivity index (χ4v) is 4.29. The summed E-state index contributed by atoms with van der Waals surface area (Å²) in [5.41, 5.74) is 2.03. The highest BCUT2D eigenvalue weighted by atomic mass is 16.2. The number of para-hydroxylation sites is 1. The lowest BCUT2D eigenvalue weighted by Gasteiger charge is -2.41. The van der Waals surface area contributed by atoms with Crippen LogP contribution in [0.3, 0.4) is 0 Å². The molecule has 2 atom stereocenters. The number of carbonyl (C=O) groups is 3. The van der Waals surface area contributed by atoms with E-state index in [1.165, 1.54) is 0 Å². The van der Waals surface area contributed by atoms with Gasteiger partial charge < -0.3 is 20.1 Å². The van der Waals surface area contributed by atoms with Crippen LogP contribution in [0, 0.1) is 5.92 Å². The van der Waals surface area contributed by atoms with Crippen LogP contribution in [0.15, 0.2) is 30.5 Å². The zero-order valence-electron chi connectivity index (χ0n) is 17.7. The first-order valence-corrected chi connectivity index (χ1v) is 10.9. The molecule has 2 unspecified atom stereocenters. The fraction of sp³-hybridized carbons (Fsp3) is 0.522. The maximum atomic E-state index is 13.4. The van der Waals surface area contributed by atoms with Crippen LogP contribution < -0.4 is 5.32 Å². The van der Waals surface area contributed by atoms with Gasteiger partial charge in [-0.15, -0.1) is 0 Å². The molecule has 1 saturated carbocycles. The Morgan fingerprint density at radius 2 is 1.97 bits per heavy atom. The molecular weight excluding hydrogens is 380 g/mol. The molecule has 0 spiro atoms. The molecule has 7 heteroatoms. The number of fused-ring (bicyclic) bond motifs is 1. The van der Waals surface area contributed by atoms with Gasteiger partial charge in [0.1, 0.15) is 6.04 Å². The standard InChI is InChI=1S/C23H30N4O3/c1-3-21(28)25-20(12-17-13-24-19-7-5-4-6-18(17)19)23(30)26-10-11-27(15(2)14-26)22(29)16-8-9-16/h4-7,13,15-16,20,24H,3,8-12,14H2,1-2H3,(H,25,28). The van der Waals surface area contributed by atoms with Crippen LogP contribution in [0.5, 0.6) is 0 Å². The zero-order chi connectivity index (χ0) is 21.3. The highest BCUT2D eigenvalue weighted by molar-refractivity contribution is 5.90. The van der Waals surface area contributed by atoms with E-state index >= 15 is 0 Å². The van der Waals surface area contributed by atoms with Crippen molar-refractivity contribution in [2.75, 3.05) is 19.6 Å². The summed E-state index contributed by atoms with van der Waals surface area (Å²) < 4.78 is 0. The molecular formula is C23H30N4O3. The van der Waals surface area contributed by atoms with E-state index in [-0.39, 0.29) is 29.7 Å². The number of nitrogens with zero attached hydrogens (tertiary/aromatic N) is 2. The van der Waals surface area contributed by atoms with Crippen LogP contribution in [0.4, 0.5) is 0 Å². The van der Waals surface area contributed by atoms with E-state index in [1.807, 2.05) is 42.3 Å². The van der Waals surface area contributed by atoms with Crippen molar-refractivity contribution in [1.82, 2.24) is 20.1 Å². The number of rotatable bonds is 6. The van der Waals surface area contributed by atoms with Crippen molar-refractivity contribution in [3.63, 3.8) is 0 Å². The summed E-state index contributed by atoms with van der Waals surface area (Å²) in [6.07, 6.45) is 4.65. The number of hydrogen-bond donors (Lipinski definition) is 2. The molecule has 4 rings (SSSR count). The predicted molar refractivity (Wildman–Crippen MR) is 115 cm³/mol. The predicted octanol–water partition coefficient (Wildman–Crippen LogP) is 2.07. The molecule has 0 radical (unpaired) electrons. The number of nitrogens with one attached hydrogen (secondary N) is 2. The minimum Gasteiger partial charge on any atom is -0.361 e. The van der Waals surface area contributed by atoms with Gasteiger partial charge in [-0.25, -0.2) is 0 Å². The van der Waals surface area contributed by atoms with Crippen molar-refractivity contribution in [2.45, 2.75) is 51.6 Å². The largest absolute Gasteiger partial charge is 0.361 e. The SMILES string of the molecule is CCC(=O)NC(Cc1c[nH]c2ccccc12)C(=O)N1CCN(C(=O)C2CC2)C(C)C1. The lowest BCUT2D eigenvalue weighted by Crippen LogP contribution is -2.59. The number of hydrogen-bond acceptors (Lipinski definition) is 3. The number of carbonyl (C=O) groups excluding carboxylic acids is 3. The van der Waals surface area contributed by atoms with Gasteiger partial charge in [0, 0.05) is 61.5 Å². The van der Waals surface area contributed by atoms with Gasteiger partial charge in [0.2, 0.25) is 17.7 Å². The van der Waals surface area contributed by atoms with Crippen LogP contribution in [-0.2, 0) is 20.8 Å². The molecule has 2 aromatic rings. The second-order valence-corrected chi connectivity index (χ2v) is 8.48. The van der Waals surface area contributed by atoms with E-state index in [0.29, 0.717) is 32.5 Å². The highest BCUT2D eigenvalue weighted by Crippen LogP contribution is 2.32. The molecule has 3 amide bonds. The van der Waals surface area contributed by atoms with Crippen LogP contribution in [0.2, 0.25) is 0 Å². The van der Waals surface area contributed by atoms with E-state index in [9.17, 15) is 14.4 Å². The maximum Gasteiger partial charge on any atom is 0.245 e. The lowest BCUT2D eigenvalue weighted by molar-refractivity contribution is -0.145. The number of aromatic amines is 1. The Labute approximate surface area is 176 Å². The molecule has 2 heterocycles. The van der Waals surface area contributed by atoms with Gasteiger partial charge in [-0.2, -0.15) is 0 Å². The van der Waals surface area contributed by atoms with E-state index in [0.717, 1.165) is 29.3 Å². The van der Waals surface area contributed by atoms with Crippen molar-refractivity contribution in [3.8, 4) is 0 Å². The second kappa shape index (κ2) is 8.50. The average molecular weight is 411 g/mol. The van der Waals surface area contributed by atoms with Crippen molar-refractivity contribution < 1.29 is 14.4 Å². The summed E-state index contributed by atoms with van der Waals surface area (Å²) in [5.74, 6) is 0.202. The number of H-pyrrole nitrogens is 1. The average Bonchev–Trinajstić information content (AvgIpc) is 3.53. The molecule has 1 saturated heterocycles. The fourth-order valence-electron chi connectivity index (χ4n) is 4.29. The number of aromatic nitrogens is 1. The van der Waals surface area contributed by atoms with Gasteiger partial charge in [0.25, 0.3) is 0 Å². The van der Waals surface area contributed by atoms with Gasteiger partial charge >= 0.3 is 0 Å². The van der Waals surface area contributed by atoms with Crippen molar-refractivity contribution in [2.24, 2.45) is 5.92 Å². The Morgan fingerprint density at radius 1 is 1.20 bits per heavy atom. The van der Waals surface area contributed by atoms with Crippen molar-refractivity contribution in [3.05, 3.63) is 36.0 Å². The molecule has 1 aliphatic heterocycles. The third kappa shape index (κ3) is 4.20. The Kier molecular flexibility index (Phi) is 5.79. The van der Waals surface area contributed by atoms with Crippen molar-refractivity contribution >= 4 is 28.6 Å². The minimum absolute atomic E-state index is 0.00795. The third-order valence-electron chi connectivity index (χ3n) is 6.20. The second-order valence-electron chi connectivity index (χ2n) is 8.48. The first kappa shape index (κ1) is 20.4. The summed E-state index contributed by atoms with van der Waals surface area (Å²) in [5, 5.41) is 3.98. The maximum absolute atomic E-state index is 13.4. The summed E-state index contributed by atoms with van der Waals surface area (Å²) in [6.45, 7) is 5.35. The van der Waals surface area contributed by atoms with Crippen molar-refractivity contribution in [1.29, 1.82) is 0 Å². The summed E-state index contributed by atoms with van der Waals surface area (Å²) >= 11 is 0. The normalized spacial score (nSPS) is 20.3. The molecule has 1 aliphatic carbocycles. The van der Waals surface area contributed by atoms with E-state index < -0.39 is 6.04 Å². The van der Waals surface area contributed by atoms with Crippen LogP contribution in [0.25, 0.3) is 10.9 Å². The topological polar surface area (TPSA) is 85.5 Å².